The van der Waals surface area contributed by atoms with E-state index in [1.807, 2.05) is 0 Å². The summed E-state index contributed by atoms with van der Waals surface area (Å²) in [6.07, 6.45) is 11.0. The smallest absolute Gasteiger partial charge is 0.139 e. The molecule has 0 bridgehead atoms. The van der Waals surface area contributed by atoms with E-state index >= 15 is 0 Å². The fourth-order valence-electron chi connectivity index (χ4n) is 10.9. The minimum absolute atomic E-state index is 0.201. The van der Waals surface area contributed by atoms with Crippen LogP contribution in [0.25, 0.3) is 0 Å². The highest BCUT2D eigenvalue weighted by Crippen LogP contribution is 2.60. The second-order valence-electron chi connectivity index (χ2n) is 15.6. The molecule has 4 rings (SSSR count). The number of ketones is 1. The van der Waals surface area contributed by atoms with Crippen molar-refractivity contribution < 1.29 is 4.79 Å². The number of hydrogen-bond acceptors (Lipinski definition) is 1. The molecule has 0 amide bonds. The molecule has 0 saturated heterocycles. The molecule has 0 radical (unpaired) electrons. The summed E-state index contributed by atoms with van der Waals surface area (Å²) in [6.45, 7) is 24.8. The molecule has 0 aliphatic heterocycles. The Morgan fingerprint density at radius 2 is 1.03 bits per heavy atom. The van der Waals surface area contributed by atoms with Crippen LogP contribution < -0.4 is 0 Å². The lowest BCUT2D eigenvalue weighted by atomic mass is 9.46. The number of rotatable bonds is 4. The summed E-state index contributed by atoms with van der Waals surface area (Å²) in [5.41, 5.74) is 0.756. The van der Waals surface area contributed by atoms with Crippen LogP contribution in [0.2, 0.25) is 0 Å². The molecule has 0 N–H and O–H groups in total. The largest absolute Gasteiger partial charge is 0.299 e. The first-order chi connectivity index (χ1) is 15.8. The van der Waals surface area contributed by atoms with Crippen LogP contribution in [-0.4, -0.2) is 5.78 Å². The Morgan fingerprint density at radius 3 is 1.38 bits per heavy atom. The highest BCUT2D eigenvalue weighted by atomic mass is 16.1. The molecule has 0 aromatic heterocycles. The van der Waals surface area contributed by atoms with Gasteiger partial charge in [0.15, 0.2) is 0 Å². The van der Waals surface area contributed by atoms with Crippen molar-refractivity contribution in [3.8, 4) is 0 Å². The van der Waals surface area contributed by atoms with Gasteiger partial charge in [0.2, 0.25) is 0 Å². The van der Waals surface area contributed by atoms with Crippen LogP contribution in [-0.2, 0) is 4.79 Å². The van der Waals surface area contributed by atoms with Gasteiger partial charge in [-0.1, -0.05) is 94.9 Å². The third-order valence-corrected chi connectivity index (χ3v) is 12.9. The maximum atomic E-state index is 14.5. The van der Waals surface area contributed by atoms with Crippen molar-refractivity contribution in [2.75, 3.05) is 0 Å². The molecule has 4 aliphatic carbocycles. The molecule has 0 aromatic carbocycles. The molecule has 4 fully saturated rings. The number of hydrogen-bond donors (Lipinski definition) is 0. The molecule has 0 aromatic rings. The van der Waals surface area contributed by atoms with E-state index in [2.05, 4.69) is 69.2 Å². The van der Waals surface area contributed by atoms with Crippen LogP contribution >= 0.6 is 0 Å². The van der Waals surface area contributed by atoms with E-state index in [1.54, 1.807) is 0 Å². The van der Waals surface area contributed by atoms with Gasteiger partial charge in [0.1, 0.15) is 5.78 Å². The molecular weight excluding hydrogens is 412 g/mol. The Balaban J connectivity index is 1.64. The van der Waals surface area contributed by atoms with Crippen LogP contribution in [0, 0.1) is 81.8 Å². The van der Waals surface area contributed by atoms with Crippen molar-refractivity contribution in [3.63, 3.8) is 0 Å². The lowest BCUT2D eigenvalue weighted by molar-refractivity contribution is -0.145. The predicted octanol–water partition coefficient (Wildman–Crippen LogP) is 9.30. The molecule has 34 heavy (non-hydrogen) atoms. The topological polar surface area (TPSA) is 17.1 Å². The van der Waals surface area contributed by atoms with E-state index in [-0.39, 0.29) is 11.8 Å². The Bertz CT molecular complexity index is 673. The summed E-state index contributed by atoms with van der Waals surface area (Å²) >= 11 is 0. The SMILES string of the molecule is CC1CC2CCCC(C)(C)C2C(C(C)C(=O)C(C)C2C(C)C(C)CC3CCCC(C)(C)C32)C1C. The fraction of sp³-hybridized carbons (Fsp3) is 0.970. The van der Waals surface area contributed by atoms with Crippen LogP contribution in [0.4, 0.5) is 0 Å². The first-order valence-electron chi connectivity index (χ1n) is 15.3. The van der Waals surface area contributed by atoms with Crippen LogP contribution in [0.1, 0.15) is 121 Å². The van der Waals surface area contributed by atoms with Crippen molar-refractivity contribution in [1.29, 1.82) is 0 Å². The lowest BCUT2D eigenvalue weighted by Gasteiger charge is -2.58. The quantitative estimate of drug-likeness (QED) is 0.400. The van der Waals surface area contributed by atoms with Gasteiger partial charge in [-0.25, -0.2) is 0 Å². The Hall–Kier alpha value is -0.330. The number of fused-ring (bicyclic) bond motifs is 2. The molecule has 4 aliphatic rings. The van der Waals surface area contributed by atoms with E-state index in [4.69, 9.17) is 0 Å². The van der Waals surface area contributed by atoms with Gasteiger partial charge < -0.3 is 0 Å². The lowest BCUT2D eigenvalue weighted by Crippen LogP contribution is -2.54. The zero-order valence-electron chi connectivity index (χ0n) is 24.5. The summed E-state index contributed by atoms with van der Waals surface area (Å²) < 4.78 is 0. The van der Waals surface area contributed by atoms with Crippen LogP contribution in [0.15, 0.2) is 0 Å². The standard InChI is InChI=1S/C33H58O/c1-19-17-25-13-11-15-32(7,8)29(25)27(21(19)3)23(5)31(34)24(6)28-22(4)20(2)18-26-14-12-16-33(9,10)30(26)28/h19-30H,11-18H2,1-10H3. The second kappa shape index (κ2) is 9.52. The van der Waals surface area contributed by atoms with Gasteiger partial charge >= 0.3 is 0 Å². The predicted molar refractivity (Wildman–Crippen MR) is 145 cm³/mol. The minimum atomic E-state index is 0.201. The Morgan fingerprint density at radius 1 is 0.676 bits per heavy atom. The summed E-state index contributed by atoms with van der Waals surface area (Å²) in [4.78, 5) is 14.5. The zero-order chi connectivity index (χ0) is 25.2. The molecule has 196 valence electrons. The molecule has 1 heteroatoms. The van der Waals surface area contributed by atoms with Crippen molar-refractivity contribution >= 4 is 5.78 Å². The Labute approximate surface area is 213 Å². The molecule has 12 atom stereocenters. The summed E-state index contributed by atoms with van der Waals surface area (Å²) in [6, 6.07) is 0. The van der Waals surface area contributed by atoms with Gasteiger partial charge in [-0.2, -0.15) is 0 Å². The third kappa shape index (κ3) is 4.47. The third-order valence-electron chi connectivity index (χ3n) is 12.9. The van der Waals surface area contributed by atoms with Gasteiger partial charge in [-0.15, -0.1) is 0 Å². The highest BCUT2D eigenvalue weighted by molar-refractivity contribution is 5.83. The van der Waals surface area contributed by atoms with Crippen LogP contribution in [0.5, 0.6) is 0 Å². The van der Waals surface area contributed by atoms with E-state index in [9.17, 15) is 4.79 Å². The summed E-state index contributed by atoms with van der Waals surface area (Å²) in [7, 11) is 0. The fourth-order valence-corrected chi connectivity index (χ4v) is 10.9. The van der Waals surface area contributed by atoms with Crippen molar-refractivity contribution in [2.45, 2.75) is 121 Å². The Kier molecular flexibility index (Phi) is 7.48. The van der Waals surface area contributed by atoms with Crippen molar-refractivity contribution in [3.05, 3.63) is 0 Å². The van der Waals surface area contributed by atoms with Gasteiger partial charge in [0, 0.05) is 11.8 Å². The van der Waals surface area contributed by atoms with E-state index in [1.165, 1.54) is 51.4 Å². The highest BCUT2D eigenvalue weighted by Gasteiger charge is 2.55. The second-order valence-corrected chi connectivity index (χ2v) is 15.6. The average molecular weight is 471 g/mol. The van der Waals surface area contributed by atoms with E-state index in [0.29, 0.717) is 40.3 Å². The maximum absolute atomic E-state index is 14.5. The number of Topliss-reactive ketones (excluding diaryl/α,β-unsaturated/α-hetero) is 1. The summed E-state index contributed by atoms with van der Waals surface area (Å²) in [5.74, 6) is 8.08. The van der Waals surface area contributed by atoms with Gasteiger partial charge in [-0.05, 0) is 95.7 Å². The van der Waals surface area contributed by atoms with Gasteiger partial charge in [0.05, 0.1) is 0 Å². The van der Waals surface area contributed by atoms with Gasteiger partial charge in [0.25, 0.3) is 0 Å². The molecular formula is C33H58O. The monoisotopic (exact) mass is 470 g/mol. The first kappa shape index (κ1) is 26.7. The van der Waals surface area contributed by atoms with E-state index in [0.717, 1.165) is 35.5 Å². The molecule has 12 unspecified atom stereocenters. The molecule has 4 saturated carbocycles. The normalized spacial score (nSPS) is 47.7. The van der Waals surface area contributed by atoms with Gasteiger partial charge in [-0.3, -0.25) is 4.79 Å². The molecule has 0 heterocycles. The van der Waals surface area contributed by atoms with Crippen LogP contribution in [0.3, 0.4) is 0 Å². The number of carbonyl (C=O) groups is 1. The zero-order valence-corrected chi connectivity index (χ0v) is 24.5. The minimum Gasteiger partial charge on any atom is -0.299 e. The first-order valence-corrected chi connectivity index (χ1v) is 15.3. The maximum Gasteiger partial charge on any atom is 0.139 e. The molecule has 1 nitrogen and oxygen atoms in total. The van der Waals surface area contributed by atoms with E-state index < -0.39 is 0 Å². The van der Waals surface area contributed by atoms with Crippen molar-refractivity contribution in [1.82, 2.24) is 0 Å². The average Bonchev–Trinajstić information content (AvgIpc) is 2.74. The molecule has 0 spiro atoms. The summed E-state index contributed by atoms with van der Waals surface area (Å²) in [5, 5.41) is 0. The van der Waals surface area contributed by atoms with Crippen molar-refractivity contribution in [2.24, 2.45) is 81.8 Å². The number of carbonyl (C=O) groups excluding carboxylic acids is 1.